The Hall–Kier alpha value is -2.81. The van der Waals surface area contributed by atoms with Crippen LogP contribution in [0.5, 0.6) is 0 Å². The number of hydrogen-bond acceptors (Lipinski definition) is 7. The Balaban J connectivity index is 1.59. The molecule has 1 aliphatic rings. The second kappa shape index (κ2) is 10.4. The zero-order valence-corrected chi connectivity index (χ0v) is 20.1. The monoisotopic (exact) mass is 467 g/mol. The highest BCUT2D eigenvalue weighted by molar-refractivity contribution is 7.22. The van der Waals surface area contributed by atoms with Crippen molar-refractivity contribution >= 4 is 38.6 Å². The van der Waals surface area contributed by atoms with Crippen molar-refractivity contribution in [1.82, 2.24) is 9.88 Å². The number of carbonyl (C=O) groups excluding carboxylic acids is 2. The van der Waals surface area contributed by atoms with Gasteiger partial charge in [-0.1, -0.05) is 17.4 Å². The third kappa shape index (κ3) is 5.24. The normalized spacial score (nSPS) is 14.4. The van der Waals surface area contributed by atoms with Crippen LogP contribution >= 0.6 is 11.3 Å². The van der Waals surface area contributed by atoms with E-state index < -0.39 is 5.97 Å². The van der Waals surface area contributed by atoms with E-state index in [1.54, 1.807) is 29.2 Å². The number of fused-ring (bicyclic) bond motifs is 1. The van der Waals surface area contributed by atoms with Crippen molar-refractivity contribution in [3.05, 3.63) is 58.7 Å². The molecule has 3 aromatic rings. The van der Waals surface area contributed by atoms with Gasteiger partial charge >= 0.3 is 5.97 Å². The Labute approximate surface area is 197 Å². The topological polar surface area (TPSA) is 72.0 Å². The van der Waals surface area contributed by atoms with E-state index in [2.05, 4.69) is 30.9 Å². The summed E-state index contributed by atoms with van der Waals surface area (Å²) >= 11 is 1.54. The molecule has 1 amide bonds. The van der Waals surface area contributed by atoms with Gasteiger partial charge in [0.1, 0.15) is 0 Å². The summed E-state index contributed by atoms with van der Waals surface area (Å²) in [6.07, 6.45) is 0.833. The summed E-state index contributed by atoms with van der Waals surface area (Å²) in [6, 6.07) is 10.8. The first kappa shape index (κ1) is 23.4. The van der Waals surface area contributed by atoms with Gasteiger partial charge in [-0.3, -0.25) is 14.6 Å². The minimum Gasteiger partial charge on any atom is -0.465 e. The number of amides is 1. The molecule has 1 saturated heterocycles. The summed E-state index contributed by atoms with van der Waals surface area (Å²) in [4.78, 5) is 34.3. The molecule has 1 aliphatic heterocycles. The van der Waals surface area contributed by atoms with E-state index in [1.807, 2.05) is 0 Å². The Morgan fingerprint density at radius 2 is 1.79 bits per heavy atom. The lowest BCUT2D eigenvalue weighted by Gasteiger charge is -2.27. The van der Waals surface area contributed by atoms with Crippen LogP contribution in [0, 0.1) is 13.8 Å². The van der Waals surface area contributed by atoms with Crippen molar-refractivity contribution in [1.29, 1.82) is 0 Å². The molecular weight excluding hydrogens is 438 g/mol. The van der Waals surface area contributed by atoms with E-state index in [-0.39, 0.29) is 5.91 Å². The fraction of sp³-hybridized carbons (Fsp3) is 0.400. The Bertz CT molecular complexity index is 1140. The molecule has 174 valence electrons. The maximum atomic E-state index is 13.5. The molecule has 2 heterocycles. The molecule has 1 fully saturated rings. The van der Waals surface area contributed by atoms with Gasteiger partial charge in [0.2, 0.25) is 0 Å². The van der Waals surface area contributed by atoms with Gasteiger partial charge in [-0.2, -0.15) is 0 Å². The van der Waals surface area contributed by atoms with E-state index in [0.29, 0.717) is 22.8 Å². The number of thiazole rings is 1. The molecule has 0 unspecified atom stereocenters. The van der Waals surface area contributed by atoms with Crippen molar-refractivity contribution < 1.29 is 19.1 Å². The predicted octanol–water partition coefficient (Wildman–Crippen LogP) is 4.07. The van der Waals surface area contributed by atoms with Crippen LogP contribution < -0.4 is 4.90 Å². The van der Waals surface area contributed by atoms with Crippen LogP contribution in [-0.4, -0.2) is 68.3 Å². The Kier molecular flexibility index (Phi) is 7.37. The van der Waals surface area contributed by atoms with Gasteiger partial charge in [-0.05, 0) is 61.7 Å². The fourth-order valence-electron chi connectivity index (χ4n) is 3.91. The number of hydrogen-bond donors (Lipinski definition) is 0. The number of nitrogens with zero attached hydrogens (tertiary/aromatic N) is 3. The molecule has 0 aliphatic carbocycles. The number of anilines is 1. The van der Waals surface area contributed by atoms with Crippen molar-refractivity contribution in [2.75, 3.05) is 51.4 Å². The highest BCUT2D eigenvalue weighted by Gasteiger charge is 2.23. The zero-order chi connectivity index (χ0) is 23.4. The molecule has 0 bridgehead atoms. The average molecular weight is 468 g/mol. The molecule has 0 spiro atoms. The van der Waals surface area contributed by atoms with Gasteiger partial charge < -0.3 is 9.47 Å². The van der Waals surface area contributed by atoms with Gasteiger partial charge in [-0.15, -0.1) is 0 Å². The zero-order valence-electron chi connectivity index (χ0n) is 19.3. The first-order chi connectivity index (χ1) is 16.0. The molecule has 0 atom stereocenters. The van der Waals surface area contributed by atoms with E-state index in [1.165, 1.54) is 24.0 Å². The number of methoxy groups -OCH3 is 1. The minimum absolute atomic E-state index is 0.123. The van der Waals surface area contributed by atoms with Crippen LogP contribution in [-0.2, 0) is 9.47 Å². The largest absolute Gasteiger partial charge is 0.465 e. The van der Waals surface area contributed by atoms with Crippen LogP contribution in [0.3, 0.4) is 0 Å². The lowest BCUT2D eigenvalue weighted by Crippen LogP contribution is -2.39. The molecule has 0 saturated carbocycles. The molecule has 2 aromatic carbocycles. The highest BCUT2D eigenvalue weighted by atomic mass is 32.1. The van der Waals surface area contributed by atoms with Crippen LogP contribution in [0.15, 0.2) is 36.4 Å². The lowest BCUT2D eigenvalue weighted by molar-refractivity contribution is 0.0376. The highest BCUT2D eigenvalue weighted by Crippen LogP contribution is 2.32. The third-order valence-corrected chi connectivity index (χ3v) is 7.11. The van der Waals surface area contributed by atoms with Gasteiger partial charge in [0.05, 0.1) is 36.1 Å². The third-order valence-electron chi connectivity index (χ3n) is 6.06. The van der Waals surface area contributed by atoms with Crippen LogP contribution in [0.2, 0.25) is 0 Å². The summed E-state index contributed by atoms with van der Waals surface area (Å²) in [6.45, 7) is 8.95. The number of morpholine rings is 1. The maximum absolute atomic E-state index is 13.5. The number of aryl methyl sites for hydroxylation is 2. The summed E-state index contributed by atoms with van der Waals surface area (Å²) in [5.41, 5.74) is 4.20. The van der Waals surface area contributed by atoms with Crippen LogP contribution in [0.4, 0.5) is 5.13 Å². The fourth-order valence-corrected chi connectivity index (χ4v) is 4.96. The van der Waals surface area contributed by atoms with E-state index in [9.17, 15) is 9.59 Å². The lowest BCUT2D eigenvalue weighted by atomic mass is 10.1. The van der Waals surface area contributed by atoms with Gasteiger partial charge in [0, 0.05) is 31.7 Å². The minimum atomic E-state index is -0.423. The van der Waals surface area contributed by atoms with Crippen molar-refractivity contribution in [2.45, 2.75) is 20.3 Å². The number of benzene rings is 2. The maximum Gasteiger partial charge on any atom is 0.337 e. The van der Waals surface area contributed by atoms with Crippen molar-refractivity contribution in [3.8, 4) is 0 Å². The van der Waals surface area contributed by atoms with Gasteiger partial charge in [0.25, 0.3) is 5.91 Å². The quantitative estimate of drug-likeness (QED) is 0.488. The molecule has 33 heavy (non-hydrogen) atoms. The summed E-state index contributed by atoms with van der Waals surface area (Å²) in [5, 5.41) is 0.697. The molecule has 4 rings (SSSR count). The Morgan fingerprint density at radius 3 is 2.48 bits per heavy atom. The summed E-state index contributed by atoms with van der Waals surface area (Å²) in [7, 11) is 1.34. The molecule has 1 aromatic heterocycles. The van der Waals surface area contributed by atoms with Gasteiger partial charge in [-0.25, -0.2) is 9.78 Å². The smallest absolute Gasteiger partial charge is 0.337 e. The van der Waals surface area contributed by atoms with Crippen LogP contribution in [0.25, 0.3) is 10.2 Å². The summed E-state index contributed by atoms with van der Waals surface area (Å²) in [5.74, 6) is -0.546. The van der Waals surface area contributed by atoms with Crippen molar-refractivity contribution in [2.24, 2.45) is 0 Å². The average Bonchev–Trinajstić information content (AvgIpc) is 3.29. The number of rotatable bonds is 7. The molecule has 7 nitrogen and oxygen atoms in total. The molecule has 0 radical (unpaired) electrons. The first-order valence-electron chi connectivity index (χ1n) is 11.1. The van der Waals surface area contributed by atoms with E-state index in [0.717, 1.165) is 55.0 Å². The van der Waals surface area contributed by atoms with E-state index >= 15 is 0 Å². The standard InChI is InChI=1S/C25H29N3O4S/c1-17-5-10-21-22(18(17)2)26-25(33-21)28(12-4-11-27-13-15-32-16-14-27)23(29)19-6-8-20(9-7-19)24(30)31-3/h5-10H,4,11-16H2,1-3H3. The van der Waals surface area contributed by atoms with Crippen molar-refractivity contribution in [3.63, 3.8) is 0 Å². The SMILES string of the molecule is COC(=O)c1ccc(C(=O)N(CCCN2CCOCC2)c2nc3c(C)c(C)ccc3s2)cc1. The number of esters is 1. The van der Waals surface area contributed by atoms with Crippen LogP contribution in [0.1, 0.15) is 38.3 Å². The molecule has 0 N–H and O–H groups in total. The molecule has 8 heteroatoms. The van der Waals surface area contributed by atoms with Gasteiger partial charge in [0.15, 0.2) is 5.13 Å². The first-order valence-corrected chi connectivity index (χ1v) is 12.0. The Morgan fingerprint density at radius 1 is 1.09 bits per heavy atom. The molecular formula is C25H29N3O4S. The second-order valence-corrected chi connectivity index (χ2v) is 9.19. The summed E-state index contributed by atoms with van der Waals surface area (Å²) < 4.78 is 11.3. The number of carbonyl (C=O) groups is 2. The number of aromatic nitrogens is 1. The predicted molar refractivity (Wildman–Crippen MR) is 130 cm³/mol. The second-order valence-electron chi connectivity index (χ2n) is 8.18. The number of ether oxygens (including phenoxy) is 2. The van der Waals surface area contributed by atoms with E-state index in [4.69, 9.17) is 14.5 Å².